The van der Waals surface area contributed by atoms with Crippen molar-refractivity contribution < 1.29 is 9.53 Å². The quantitative estimate of drug-likeness (QED) is 0.737. The molecule has 0 atom stereocenters. The third kappa shape index (κ3) is 5.44. The second-order valence-electron chi connectivity index (χ2n) is 4.00. The molecule has 0 unspecified atom stereocenters. The minimum Gasteiger partial charge on any atom is -0.453 e. The van der Waals surface area contributed by atoms with Gasteiger partial charge in [0.1, 0.15) is 5.82 Å². The smallest absolute Gasteiger partial charge is 0.412 e. The number of hydrogen-bond acceptors (Lipinski definition) is 6. The van der Waals surface area contributed by atoms with E-state index in [9.17, 15) is 4.79 Å². The van der Waals surface area contributed by atoms with E-state index in [1.807, 2.05) is 14.1 Å². The van der Waals surface area contributed by atoms with Crippen molar-refractivity contribution in [1.29, 1.82) is 0 Å². The molecule has 0 saturated heterocycles. The normalized spacial score (nSPS) is 10.2. The Labute approximate surface area is 107 Å². The number of rotatable bonds is 6. The first-order chi connectivity index (χ1) is 8.61. The maximum Gasteiger partial charge on any atom is 0.412 e. The summed E-state index contributed by atoms with van der Waals surface area (Å²) < 4.78 is 4.45. The van der Waals surface area contributed by atoms with Crippen LogP contribution >= 0.6 is 0 Å². The standard InChI is InChI=1S/C11H19N5O2/c1-16(2)8-4-7-12-9-5-6-10(15-14-9)13-11(17)18-3/h5-6H,4,7-8H2,1-3H3,(H,12,14)(H,13,15,17). The average molecular weight is 253 g/mol. The molecule has 0 bridgehead atoms. The predicted molar refractivity (Wildman–Crippen MR) is 69.7 cm³/mol. The molecule has 18 heavy (non-hydrogen) atoms. The zero-order valence-corrected chi connectivity index (χ0v) is 10.9. The number of aromatic nitrogens is 2. The molecular formula is C11H19N5O2. The first kappa shape index (κ1) is 14.2. The van der Waals surface area contributed by atoms with E-state index in [1.165, 1.54) is 7.11 Å². The van der Waals surface area contributed by atoms with Crippen molar-refractivity contribution in [2.24, 2.45) is 0 Å². The fraction of sp³-hybridized carbons (Fsp3) is 0.545. The summed E-state index contributed by atoms with van der Waals surface area (Å²) in [6.07, 6.45) is 0.465. The molecule has 1 heterocycles. The monoisotopic (exact) mass is 253 g/mol. The summed E-state index contributed by atoms with van der Waals surface area (Å²) >= 11 is 0. The Balaban J connectivity index is 2.33. The lowest BCUT2D eigenvalue weighted by molar-refractivity contribution is 0.187. The van der Waals surface area contributed by atoms with Crippen LogP contribution in [0.1, 0.15) is 6.42 Å². The van der Waals surface area contributed by atoms with Gasteiger partial charge in [-0.1, -0.05) is 0 Å². The molecule has 0 radical (unpaired) electrons. The first-order valence-electron chi connectivity index (χ1n) is 5.69. The van der Waals surface area contributed by atoms with E-state index < -0.39 is 6.09 Å². The van der Waals surface area contributed by atoms with Crippen LogP contribution in [0.25, 0.3) is 0 Å². The Morgan fingerprint density at radius 3 is 2.56 bits per heavy atom. The number of carbonyl (C=O) groups excluding carboxylic acids is 1. The van der Waals surface area contributed by atoms with E-state index in [0.717, 1.165) is 19.5 Å². The topological polar surface area (TPSA) is 79.4 Å². The van der Waals surface area contributed by atoms with Gasteiger partial charge in [-0.25, -0.2) is 4.79 Å². The molecule has 1 amide bonds. The van der Waals surface area contributed by atoms with Gasteiger partial charge in [-0.05, 0) is 39.2 Å². The Kier molecular flexibility index (Phi) is 5.86. The largest absolute Gasteiger partial charge is 0.453 e. The molecule has 0 aromatic carbocycles. The van der Waals surface area contributed by atoms with Gasteiger partial charge in [0.15, 0.2) is 5.82 Å². The Morgan fingerprint density at radius 2 is 2.00 bits per heavy atom. The number of anilines is 2. The summed E-state index contributed by atoms with van der Waals surface area (Å²) in [6, 6.07) is 3.42. The number of hydrogen-bond donors (Lipinski definition) is 2. The second kappa shape index (κ2) is 7.44. The summed E-state index contributed by atoms with van der Waals surface area (Å²) in [6.45, 7) is 1.85. The third-order valence-electron chi connectivity index (χ3n) is 2.17. The highest BCUT2D eigenvalue weighted by Crippen LogP contribution is 2.06. The molecular weight excluding hydrogens is 234 g/mol. The lowest BCUT2D eigenvalue weighted by atomic mass is 10.4. The number of amides is 1. The minimum atomic E-state index is -0.559. The van der Waals surface area contributed by atoms with Crippen molar-refractivity contribution in [3.63, 3.8) is 0 Å². The highest BCUT2D eigenvalue weighted by molar-refractivity contribution is 5.83. The van der Waals surface area contributed by atoms with Crippen LogP contribution in [-0.2, 0) is 4.74 Å². The molecule has 7 heteroatoms. The maximum atomic E-state index is 10.9. The van der Waals surface area contributed by atoms with E-state index >= 15 is 0 Å². The molecule has 0 aliphatic rings. The Hall–Kier alpha value is -1.89. The maximum absolute atomic E-state index is 10.9. The van der Waals surface area contributed by atoms with Gasteiger partial charge in [0.25, 0.3) is 0 Å². The number of carbonyl (C=O) groups is 1. The molecule has 100 valence electrons. The van der Waals surface area contributed by atoms with Crippen molar-refractivity contribution in [3.8, 4) is 0 Å². The van der Waals surface area contributed by atoms with Gasteiger partial charge >= 0.3 is 6.09 Å². The molecule has 7 nitrogen and oxygen atoms in total. The summed E-state index contributed by atoms with van der Waals surface area (Å²) in [7, 11) is 5.36. The van der Waals surface area contributed by atoms with E-state index in [2.05, 4.69) is 30.5 Å². The van der Waals surface area contributed by atoms with E-state index in [-0.39, 0.29) is 0 Å². The van der Waals surface area contributed by atoms with Gasteiger partial charge in [-0.3, -0.25) is 5.32 Å². The number of methoxy groups -OCH3 is 1. The third-order valence-corrected chi connectivity index (χ3v) is 2.17. The van der Waals surface area contributed by atoms with E-state index in [4.69, 9.17) is 0 Å². The molecule has 1 rings (SSSR count). The van der Waals surface area contributed by atoms with Gasteiger partial charge in [0.2, 0.25) is 0 Å². The average Bonchev–Trinajstić information content (AvgIpc) is 2.36. The second-order valence-corrected chi connectivity index (χ2v) is 4.00. The van der Waals surface area contributed by atoms with Gasteiger partial charge in [-0.2, -0.15) is 0 Å². The molecule has 1 aromatic rings. The Morgan fingerprint density at radius 1 is 1.33 bits per heavy atom. The van der Waals surface area contributed by atoms with Gasteiger partial charge in [0.05, 0.1) is 7.11 Å². The van der Waals surface area contributed by atoms with Gasteiger partial charge in [-0.15, -0.1) is 10.2 Å². The summed E-state index contributed by atoms with van der Waals surface area (Å²) in [5, 5.41) is 13.4. The molecule has 0 aliphatic carbocycles. The number of nitrogens with one attached hydrogen (secondary N) is 2. The van der Waals surface area contributed by atoms with Crippen LogP contribution < -0.4 is 10.6 Å². The van der Waals surface area contributed by atoms with Crippen molar-refractivity contribution in [1.82, 2.24) is 15.1 Å². The summed E-state index contributed by atoms with van der Waals surface area (Å²) in [5.74, 6) is 1.05. The highest BCUT2D eigenvalue weighted by Gasteiger charge is 2.02. The Bertz CT molecular complexity index is 366. The van der Waals surface area contributed by atoms with Crippen molar-refractivity contribution in [2.75, 3.05) is 44.9 Å². The fourth-order valence-corrected chi connectivity index (χ4v) is 1.26. The van der Waals surface area contributed by atoms with Crippen molar-refractivity contribution >= 4 is 17.7 Å². The van der Waals surface area contributed by atoms with Crippen LogP contribution in [0.2, 0.25) is 0 Å². The number of ether oxygens (including phenoxy) is 1. The van der Waals surface area contributed by atoms with Crippen LogP contribution in [-0.4, -0.2) is 55.5 Å². The van der Waals surface area contributed by atoms with Gasteiger partial charge in [0, 0.05) is 6.54 Å². The molecule has 0 fully saturated rings. The molecule has 0 aliphatic heterocycles. The zero-order chi connectivity index (χ0) is 13.4. The van der Waals surface area contributed by atoms with Crippen LogP contribution in [0.4, 0.5) is 16.4 Å². The molecule has 0 spiro atoms. The molecule has 2 N–H and O–H groups in total. The predicted octanol–water partition coefficient (Wildman–Crippen LogP) is 1.02. The van der Waals surface area contributed by atoms with Crippen molar-refractivity contribution in [2.45, 2.75) is 6.42 Å². The molecule has 1 aromatic heterocycles. The summed E-state index contributed by atoms with van der Waals surface area (Å²) in [4.78, 5) is 13.0. The molecule has 0 saturated carbocycles. The minimum absolute atomic E-state index is 0.362. The first-order valence-corrected chi connectivity index (χ1v) is 5.69. The van der Waals surface area contributed by atoms with E-state index in [1.54, 1.807) is 12.1 Å². The van der Waals surface area contributed by atoms with Crippen LogP contribution in [0.3, 0.4) is 0 Å². The lowest BCUT2D eigenvalue weighted by Gasteiger charge is -2.10. The van der Waals surface area contributed by atoms with Crippen molar-refractivity contribution in [3.05, 3.63) is 12.1 Å². The fourth-order valence-electron chi connectivity index (χ4n) is 1.26. The van der Waals surface area contributed by atoms with Crippen LogP contribution in [0.15, 0.2) is 12.1 Å². The number of nitrogens with zero attached hydrogens (tertiary/aromatic N) is 3. The van der Waals surface area contributed by atoms with E-state index in [0.29, 0.717) is 11.6 Å². The van der Waals surface area contributed by atoms with Gasteiger partial charge < -0.3 is 15.0 Å². The highest BCUT2D eigenvalue weighted by atomic mass is 16.5. The SMILES string of the molecule is COC(=O)Nc1ccc(NCCCN(C)C)nn1. The van der Waals surface area contributed by atoms with Crippen LogP contribution in [0.5, 0.6) is 0 Å². The lowest BCUT2D eigenvalue weighted by Crippen LogP contribution is -2.17. The zero-order valence-electron chi connectivity index (χ0n) is 10.9. The van der Waals surface area contributed by atoms with Crippen LogP contribution in [0, 0.1) is 0 Å². The summed E-state index contributed by atoms with van der Waals surface area (Å²) in [5.41, 5.74) is 0.